The second-order valence-electron chi connectivity index (χ2n) is 3.64. The Morgan fingerprint density at radius 3 is 2.00 bits per heavy atom. The first-order valence-electron chi connectivity index (χ1n) is 5.53. The molecule has 102 valence electrons. The van der Waals surface area contributed by atoms with Crippen LogP contribution in [0.25, 0.3) is 0 Å². The van der Waals surface area contributed by atoms with Gasteiger partial charge in [-0.3, -0.25) is 0 Å². The van der Waals surface area contributed by atoms with Crippen LogP contribution < -0.4 is 17.1 Å². The first kappa shape index (κ1) is 14.4. The number of hydrogen-bond donors (Lipinski definition) is 0. The topological polar surface area (TPSA) is 84.5 Å². The number of aromatic nitrogens is 3. The van der Waals surface area contributed by atoms with Crippen LogP contribution in [0.4, 0.5) is 0 Å². The Kier molecular flexibility index (Phi) is 5.05. The highest BCUT2D eigenvalue weighted by Crippen LogP contribution is 1.80. The quantitative estimate of drug-likeness (QED) is 0.447. The van der Waals surface area contributed by atoms with Gasteiger partial charge in [-0.15, -0.1) is 0 Å². The van der Waals surface area contributed by atoms with Crippen LogP contribution in [0.3, 0.4) is 0 Å². The van der Waals surface area contributed by atoms with Gasteiger partial charge in [0.15, 0.2) is 0 Å². The molecular formula is C10H17N3O5. The number of nitrogens with zero attached hydrogens (tertiary/aromatic N) is 3. The molecule has 0 aromatic carbocycles. The zero-order valence-corrected chi connectivity index (χ0v) is 10.7. The molecule has 0 saturated carbocycles. The van der Waals surface area contributed by atoms with Gasteiger partial charge in [0, 0.05) is 20.7 Å². The van der Waals surface area contributed by atoms with E-state index in [-0.39, 0.29) is 19.9 Å². The summed E-state index contributed by atoms with van der Waals surface area (Å²) in [4.78, 5) is 34.9. The lowest BCUT2D eigenvalue weighted by Crippen LogP contribution is -2.53. The first-order valence-corrected chi connectivity index (χ1v) is 5.53. The average molecular weight is 259 g/mol. The molecule has 0 fully saturated rings. The highest BCUT2D eigenvalue weighted by atomic mass is 16.7. The predicted molar refractivity (Wildman–Crippen MR) is 63.6 cm³/mol. The summed E-state index contributed by atoms with van der Waals surface area (Å²) in [6.45, 7) is 2.70. The molecule has 1 aromatic rings. The summed E-state index contributed by atoms with van der Waals surface area (Å²) in [5, 5.41) is 0. The van der Waals surface area contributed by atoms with Crippen LogP contribution in [0, 0.1) is 0 Å². The zero-order chi connectivity index (χ0) is 13.7. The Morgan fingerprint density at radius 1 is 0.944 bits per heavy atom. The molecule has 0 N–H and O–H groups in total. The summed E-state index contributed by atoms with van der Waals surface area (Å²) in [6.07, 6.45) is 0. The molecule has 0 saturated heterocycles. The largest absolute Gasteiger partial charge is 0.356 e. The Bertz CT molecular complexity index is 528. The van der Waals surface area contributed by atoms with Gasteiger partial charge in [-0.25, -0.2) is 28.1 Å². The smallest absolute Gasteiger partial charge is 0.336 e. The minimum atomic E-state index is -0.650. The maximum absolute atomic E-state index is 11.7. The Balaban J connectivity index is 2.88. The number of rotatable bonds is 6. The van der Waals surface area contributed by atoms with E-state index in [9.17, 15) is 14.4 Å². The van der Waals surface area contributed by atoms with Crippen LogP contribution in [0.15, 0.2) is 14.4 Å². The lowest BCUT2D eigenvalue weighted by atomic mass is 10.6. The second-order valence-corrected chi connectivity index (χ2v) is 3.64. The van der Waals surface area contributed by atoms with E-state index in [0.29, 0.717) is 6.61 Å². The van der Waals surface area contributed by atoms with Gasteiger partial charge < -0.3 is 9.47 Å². The van der Waals surface area contributed by atoms with Gasteiger partial charge in [0.1, 0.15) is 6.79 Å². The number of hydrogen-bond acceptors (Lipinski definition) is 5. The SMILES string of the molecule is CCOCOCCn1c(=O)n(C)c(=O)n(C)c1=O. The highest BCUT2D eigenvalue weighted by molar-refractivity contribution is 4.75. The second kappa shape index (κ2) is 6.31. The van der Waals surface area contributed by atoms with Crippen LogP contribution in [-0.4, -0.2) is 33.7 Å². The minimum Gasteiger partial charge on any atom is -0.356 e. The summed E-state index contributed by atoms with van der Waals surface area (Å²) >= 11 is 0. The molecule has 8 heteroatoms. The Hall–Kier alpha value is -1.67. The van der Waals surface area contributed by atoms with Gasteiger partial charge in [0.2, 0.25) is 0 Å². The summed E-state index contributed by atoms with van der Waals surface area (Å²) in [7, 11) is 2.64. The lowest BCUT2D eigenvalue weighted by Gasteiger charge is -2.09. The van der Waals surface area contributed by atoms with Crippen molar-refractivity contribution < 1.29 is 9.47 Å². The maximum atomic E-state index is 11.7. The fraction of sp³-hybridized carbons (Fsp3) is 0.700. The summed E-state index contributed by atoms with van der Waals surface area (Å²) < 4.78 is 12.7. The minimum absolute atomic E-state index is 0.0761. The van der Waals surface area contributed by atoms with Crippen LogP contribution in [0.1, 0.15) is 6.92 Å². The Morgan fingerprint density at radius 2 is 1.50 bits per heavy atom. The standard InChI is InChI=1S/C10H17N3O5/c1-4-17-7-18-6-5-13-9(15)11(2)8(14)12(3)10(13)16/h4-7H2,1-3H3. The fourth-order valence-corrected chi connectivity index (χ4v) is 1.38. The fourth-order valence-electron chi connectivity index (χ4n) is 1.38. The molecule has 1 heterocycles. The third-order valence-electron chi connectivity index (χ3n) is 2.44. The third kappa shape index (κ3) is 2.96. The van der Waals surface area contributed by atoms with Crippen molar-refractivity contribution in [1.29, 1.82) is 0 Å². The molecule has 0 atom stereocenters. The van der Waals surface area contributed by atoms with Gasteiger partial charge >= 0.3 is 17.1 Å². The molecule has 1 aromatic heterocycles. The van der Waals surface area contributed by atoms with Crippen molar-refractivity contribution in [3.05, 3.63) is 31.5 Å². The van der Waals surface area contributed by atoms with E-state index in [1.807, 2.05) is 6.92 Å². The van der Waals surface area contributed by atoms with Crippen molar-refractivity contribution in [1.82, 2.24) is 13.7 Å². The molecule has 18 heavy (non-hydrogen) atoms. The third-order valence-corrected chi connectivity index (χ3v) is 2.44. The van der Waals surface area contributed by atoms with Crippen LogP contribution in [0.2, 0.25) is 0 Å². The van der Waals surface area contributed by atoms with E-state index < -0.39 is 17.1 Å². The van der Waals surface area contributed by atoms with Gasteiger partial charge in [-0.05, 0) is 6.92 Å². The maximum Gasteiger partial charge on any atom is 0.336 e. The van der Waals surface area contributed by atoms with E-state index in [2.05, 4.69) is 0 Å². The Labute approximate surface area is 103 Å². The van der Waals surface area contributed by atoms with E-state index >= 15 is 0 Å². The van der Waals surface area contributed by atoms with E-state index in [1.165, 1.54) is 14.1 Å². The van der Waals surface area contributed by atoms with E-state index in [4.69, 9.17) is 9.47 Å². The first-order chi connectivity index (χ1) is 8.50. The molecule has 0 spiro atoms. The van der Waals surface area contributed by atoms with Crippen LogP contribution in [0.5, 0.6) is 0 Å². The monoisotopic (exact) mass is 259 g/mol. The summed E-state index contributed by atoms with van der Waals surface area (Å²) in [5.74, 6) is 0. The molecule has 0 aliphatic rings. The van der Waals surface area contributed by atoms with Crippen molar-refractivity contribution in [2.24, 2.45) is 14.1 Å². The van der Waals surface area contributed by atoms with Gasteiger partial charge in [0.25, 0.3) is 0 Å². The van der Waals surface area contributed by atoms with Crippen molar-refractivity contribution in [2.75, 3.05) is 20.0 Å². The predicted octanol–water partition coefficient (Wildman–Crippen LogP) is -1.74. The highest BCUT2D eigenvalue weighted by Gasteiger charge is 2.09. The van der Waals surface area contributed by atoms with Gasteiger partial charge in [-0.2, -0.15) is 0 Å². The number of ether oxygens (including phenoxy) is 2. The summed E-state index contributed by atoms with van der Waals surface area (Å²) in [5.41, 5.74) is -1.94. The molecule has 0 bridgehead atoms. The lowest BCUT2D eigenvalue weighted by molar-refractivity contribution is -0.0519. The van der Waals surface area contributed by atoms with Crippen molar-refractivity contribution in [3.63, 3.8) is 0 Å². The molecule has 0 amide bonds. The summed E-state index contributed by atoms with van der Waals surface area (Å²) in [6, 6.07) is 0. The molecule has 0 aliphatic carbocycles. The van der Waals surface area contributed by atoms with Gasteiger partial charge in [-0.1, -0.05) is 0 Å². The molecule has 0 unspecified atom stereocenters. The van der Waals surface area contributed by atoms with Crippen LogP contribution in [-0.2, 0) is 30.1 Å². The normalized spacial score (nSPS) is 10.8. The van der Waals surface area contributed by atoms with E-state index in [1.54, 1.807) is 0 Å². The van der Waals surface area contributed by atoms with E-state index in [0.717, 1.165) is 13.7 Å². The van der Waals surface area contributed by atoms with Crippen molar-refractivity contribution in [3.8, 4) is 0 Å². The molecular weight excluding hydrogens is 242 g/mol. The molecule has 1 rings (SSSR count). The van der Waals surface area contributed by atoms with Crippen LogP contribution >= 0.6 is 0 Å². The molecule has 8 nitrogen and oxygen atoms in total. The van der Waals surface area contributed by atoms with Crippen molar-refractivity contribution in [2.45, 2.75) is 13.5 Å². The molecule has 0 radical (unpaired) electrons. The van der Waals surface area contributed by atoms with Gasteiger partial charge in [0.05, 0.1) is 13.2 Å². The molecule has 0 aliphatic heterocycles. The zero-order valence-electron chi connectivity index (χ0n) is 10.7. The van der Waals surface area contributed by atoms with Crippen molar-refractivity contribution >= 4 is 0 Å². The average Bonchev–Trinajstić information content (AvgIpc) is 2.37.